The van der Waals surface area contributed by atoms with E-state index in [1.807, 2.05) is 25.1 Å². The van der Waals surface area contributed by atoms with Gasteiger partial charge in [-0.1, -0.05) is 61.7 Å². The van der Waals surface area contributed by atoms with Crippen molar-refractivity contribution in [3.05, 3.63) is 76.3 Å². The highest BCUT2D eigenvalue weighted by Crippen LogP contribution is 2.36. The van der Waals surface area contributed by atoms with Gasteiger partial charge in [-0.15, -0.1) is 0 Å². The summed E-state index contributed by atoms with van der Waals surface area (Å²) in [4.78, 5) is 27.3. The number of hydrogen-bond donors (Lipinski definition) is 1. The van der Waals surface area contributed by atoms with Crippen LogP contribution in [0.1, 0.15) is 58.6 Å². The van der Waals surface area contributed by atoms with Crippen LogP contribution in [-0.4, -0.2) is 35.0 Å². The zero-order valence-electron chi connectivity index (χ0n) is 17.5. The second kappa shape index (κ2) is 8.69. The minimum atomic E-state index is -1.01. The summed E-state index contributed by atoms with van der Waals surface area (Å²) in [5, 5.41) is 13.5. The average molecular weight is 438 g/mol. The molecule has 4 rings (SSSR count). The van der Waals surface area contributed by atoms with Gasteiger partial charge in [0, 0.05) is 5.39 Å². The molecule has 1 N–H and O–H groups in total. The van der Waals surface area contributed by atoms with E-state index in [0.717, 1.165) is 23.6 Å². The van der Waals surface area contributed by atoms with E-state index in [4.69, 9.17) is 16.3 Å². The van der Waals surface area contributed by atoms with E-state index >= 15 is 0 Å². The molecule has 3 aromatic rings. The van der Waals surface area contributed by atoms with E-state index < -0.39 is 12.1 Å². The maximum absolute atomic E-state index is 13.0. The summed E-state index contributed by atoms with van der Waals surface area (Å²) in [5.41, 5.74) is 1.41. The molecule has 0 aromatic heterocycles. The standard InChI is InChI=1S/C25H24ClNO4/c1-3-4-9-20(27-24(29)18-7-5-6-8-19(18)25(27)30)23(28)16-10-12-17-15(14-16)11-13-21(31-2)22(17)26/h5-8,10-14,20,23,28H,3-4,9H2,1-2H3. The second-order valence-corrected chi connectivity index (χ2v) is 8.12. The molecule has 0 saturated heterocycles. The number of aliphatic hydroxyl groups is 1. The summed E-state index contributed by atoms with van der Waals surface area (Å²) >= 11 is 6.41. The molecule has 6 heteroatoms. The van der Waals surface area contributed by atoms with Crippen LogP contribution in [-0.2, 0) is 0 Å². The van der Waals surface area contributed by atoms with E-state index in [9.17, 15) is 14.7 Å². The number of halogens is 1. The van der Waals surface area contributed by atoms with Crippen LogP contribution < -0.4 is 4.74 Å². The monoisotopic (exact) mass is 437 g/mol. The van der Waals surface area contributed by atoms with Crippen LogP contribution >= 0.6 is 11.6 Å². The zero-order valence-corrected chi connectivity index (χ0v) is 18.2. The molecule has 0 aliphatic carbocycles. The van der Waals surface area contributed by atoms with Crippen LogP contribution in [0.2, 0.25) is 5.02 Å². The third-order valence-electron chi connectivity index (χ3n) is 5.88. The van der Waals surface area contributed by atoms with Crippen molar-refractivity contribution in [2.24, 2.45) is 0 Å². The Morgan fingerprint density at radius 1 is 1.03 bits per heavy atom. The summed E-state index contributed by atoms with van der Waals surface area (Å²) in [6.07, 6.45) is 1.18. The van der Waals surface area contributed by atoms with Gasteiger partial charge in [0.25, 0.3) is 11.8 Å². The van der Waals surface area contributed by atoms with Crippen LogP contribution in [0.15, 0.2) is 54.6 Å². The molecule has 3 aromatic carbocycles. The summed E-state index contributed by atoms with van der Waals surface area (Å²) in [5.74, 6) is -0.127. The number of imide groups is 1. The lowest BCUT2D eigenvalue weighted by Crippen LogP contribution is -2.43. The molecular weight excluding hydrogens is 414 g/mol. The SMILES string of the molecule is CCCCC(C(O)c1ccc2c(Cl)c(OC)ccc2c1)N1C(=O)c2ccccc2C1=O. The maximum atomic E-state index is 13.0. The Labute approximate surface area is 186 Å². The van der Waals surface area contributed by atoms with Crippen molar-refractivity contribution < 1.29 is 19.4 Å². The Morgan fingerprint density at radius 2 is 1.71 bits per heavy atom. The number of hydrogen-bond acceptors (Lipinski definition) is 4. The maximum Gasteiger partial charge on any atom is 0.261 e. The van der Waals surface area contributed by atoms with Crippen molar-refractivity contribution in [3.63, 3.8) is 0 Å². The highest BCUT2D eigenvalue weighted by atomic mass is 35.5. The molecule has 31 heavy (non-hydrogen) atoms. The quantitative estimate of drug-likeness (QED) is 0.503. The molecular formula is C25H24ClNO4. The topological polar surface area (TPSA) is 66.8 Å². The lowest BCUT2D eigenvalue weighted by molar-refractivity contribution is 0.0310. The summed E-state index contributed by atoms with van der Waals surface area (Å²) in [6, 6.07) is 15.3. The van der Waals surface area contributed by atoms with E-state index in [1.54, 1.807) is 43.5 Å². The molecule has 160 valence electrons. The number of benzene rings is 3. The van der Waals surface area contributed by atoms with Gasteiger partial charge in [-0.3, -0.25) is 14.5 Å². The van der Waals surface area contributed by atoms with E-state index in [1.165, 1.54) is 4.90 Å². The molecule has 0 radical (unpaired) electrons. The van der Waals surface area contributed by atoms with Gasteiger partial charge < -0.3 is 9.84 Å². The number of carbonyl (C=O) groups excluding carboxylic acids is 2. The summed E-state index contributed by atoms with van der Waals surface area (Å²) in [6.45, 7) is 2.04. The highest BCUT2D eigenvalue weighted by molar-refractivity contribution is 6.37. The molecule has 5 nitrogen and oxygen atoms in total. The predicted octanol–water partition coefficient (Wildman–Crippen LogP) is 5.39. The van der Waals surface area contributed by atoms with Crippen LogP contribution in [0.5, 0.6) is 5.75 Å². The fourth-order valence-corrected chi connectivity index (χ4v) is 4.52. The largest absolute Gasteiger partial charge is 0.495 e. The fraction of sp³-hybridized carbons (Fsp3) is 0.280. The number of rotatable bonds is 7. The number of amides is 2. The van der Waals surface area contributed by atoms with Crippen LogP contribution in [0.25, 0.3) is 10.8 Å². The minimum Gasteiger partial charge on any atom is -0.495 e. The van der Waals surface area contributed by atoms with Crippen molar-refractivity contribution in [2.75, 3.05) is 7.11 Å². The molecule has 0 fully saturated rings. The lowest BCUT2D eigenvalue weighted by Gasteiger charge is -2.31. The highest BCUT2D eigenvalue weighted by Gasteiger charge is 2.42. The van der Waals surface area contributed by atoms with E-state index in [0.29, 0.717) is 33.9 Å². The predicted molar refractivity (Wildman–Crippen MR) is 121 cm³/mol. The van der Waals surface area contributed by atoms with Gasteiger partial charge >= 0.3 is 0 Å². The zero-order chi connectivity index (χ0) is 22.1. The molecule has 0 bridgehead atoms. The van der Waals surface area contributed by atoms with Gasteiger partial charge in [-0.05, 0) is 41.6 Å². The van der Waals surface area contributed by atoms with Gasteiger partial charge in [0.15, 0.2) is 0 Å². The first-order valence-corrected chi connectivity index (χ1v) is 10.8. The number of aliphatic hydroxyl groups excluding tert-OH is 1. The molecule has 1 aliphatic rings. The van der Waals surface area contributed by atoms with Crippen LogP contribution in [0, 0.1) is 0 Å². The summed E-state index contributed by atoms with van der Waals surface area (Å²) in [7, 11) is 1.56. The average Bonchev–Trinajstić information content (AvgIpc) is 3.04. The first-order valence-electron chi connectivity index (χ1n) is 10.4. The van der Waals surface area contributed by atoms with Gasteiger partial charge in [0.2, 0.25) is 0 Å². The number of unbranched alkanes of at least 4 members (excludes halogenated alkanes) is 1. The Morgan fingerprint density at radius 3 is 2.32 bits per heavy atom. The lowest BCUT2D eigenvalue weighted by atomic mass is 9.94. The molecule has 2 unspecified atom stereocenters. The van der Waals surface area contributed by atoms with Crippen molar-refractivity contribution >= 4 is 34.2 Å². The smallest absolute Gasteiger partial charge is 0.261 e. The third kappa shape index (κ3) is 3.68. The Hall–Kier alpha value is -2.89. The number of carbonyl (C=O) groups is 2. The Balaban J connectivity index is 1.72. The second-order valence-electron chi connectivity index (χ2n) is 7.74. The number of fused-ring (bicyclic) bond motifs is 2. The number of nitrogens with zero attached hydrogens (tertiary/aromatic N) is 1. The molecule has 2 atom stereocenters. The van der Waals surface area contributed by atoms with Crippen molar-refractivity contribution in [1.29, 1.82) is 0 Å². The Bertz CT molecular complexity index is 1120. The number of ether oxygens (including phenoxy) is 1. The van der Waals surface area contributed by atoms with Crippen LogP contribution in [0.4, 0.5) is 0 Å². The van der Waals surface area contributed by atoms with Crippen molar-refractivity contribution in [1.82, 2.24) is 4.90 Å². The first-order chi connectivity index (χ1) is 15.0. The summed E-state index contributed by atoms with van der Waals surface area (Å²) < 4.78 is 5.27. The van der Waals surface area contributed by atoms with E-state index in [-0.39, 0.29) is 11.8 Å². The van der Waals surface area contributed by atoms with Gasteiger partial charge in [0.1, 0.15) is 5.75 Å². The van der Waals surface area contributed by atoms with Crippen molar-refractivity contribution in [3.8, 4) is 5.75 Å². The molecule has 1 heterocycles. The molecule has 2 amide bonds. The minimum absolute atomic E-state index is 0.352. The van der Waals surface area contributed by atoms with Gasteiger partial charge in [-0.25, -0.2) is 0 Å². The molecule has 0 saturated carbocycles. The van der Waals surface area contributed by atoms with Gasteiger partial charge in [0.05, 0.1) is 35.4 Å². The normalized spacial score (nSPS) is 15.3. The molecule has 1 aliphatic heterocycles. The fourth-order valence-electron chi connectivity index (χ4n) is 4.20. The van der Waals surface area contributed by atoms with Crippen molar-refractivity contribution in [2.45, 2.75) is 38.3 Å². The Kier molecular flexibility index (Phi) is 5.99. The molecule has 0 spiro atoms. The van der Waals surface area contributed by atoms with Gasteiger partial charge in [-0.2, -0.15) is 0 Å². The number of methoxy groups -OCH3 is 1. The first kappa shape index (κ1) is 21.3. The van der Waals surface area contributed by atoms with Crippen LogP contribution in [0.3, 0.4) is 0 Å². The van der Waals surface area contributed by atoms with E-state index in [2.05, 4.69) is 0 Å². The third-order valence-corrected chi connectivity index (χ3v) is 6.27.